The fourth-order valence-electron chi connectivity index (χ4n) is 2.16. The average molecular weight is 274 g/mol. The molecule has 5 heteroatoms. The standard InChI is InChI=1S/C15H18N2O3/c1-10(18)7-8-17(2)15(20)12-3-5-13-11(9-12)4-6-14(19)16-13/h3,5,9H,4,6-8H2,1-2H3,(H,16,19). The van der Waals surface area contributed by atoms with E-state index in [1.807, 2.05) is 6.07 Å². The summed E-state index contributed by atoms with van der Waals surface area (Å²) < 4.78 is 0. The second kappa shape index (κ2) is 5.86. The van der Waals surface area contributed by atoms with Gasteiger partial charge < -0.3 is 10.2 Å². The number of fused-ring (bicyclic) bond motifs is 1. The normalized spacial score (nSPS) is 13.4. The predicted molar refractivity (Wildman–Crippen MR) is 75.7 cm³/mol. The first-order valence-corrected chi connectivity index (χ1v) is 6.65. The van der Waals surface area contributed by atoms with Crippen molar-refractivity contribution >= 4 is 23.3 Å². The topological polar surface area (TPSA) is 66.5 Å². The molecule has 0 atom stereocenters. The van der Waals surface area contributed by atoms with E-state index in [0.717, 1.165) is 11.3 Å². The molecule has 1 N–H and O–H groups in total. The predicted octanol–water partition coefficient (Wildman–Crippen LogP) is 1.62. The first kappa shape index (κ1) is 14.2. The van der Waals surface area contributed by atoms with Crippen molar-refractivity contribution < 1.29 is 14.4 Å². The van der Waals surface area contributed by atoms with Gasteiger partial charge in [-0.25, -0.2) is 0 Å². The number of benzene rings is 1. The second-order valence-electron chi connectivity index (χ2n) is 5.10. The Kier molecular flexibility index (Phi) is 4.17. The number of rotatable bonds is 4. The summed E-state index contributed by atoms with van der Waals surface area (Å²) in [4.78, 5) is 36.0. The maximum absolute atomic E-state index is 12.2. The highest BCUT2D eigenvalue weighted by Gasteiger charge is 2.18. The lowest BCUT2D eigenvalue weighted by Gasteiger charge is -2.20. The molecule has 0 unspecified atom stereocenters. The minimum absolute atomic E-state index is 0.00940. The Morgan fingerprint density at radius 1 is 1.30 bits per heavy atom. The van der Waals surface area contributed by atoms with E-state index in [4.69, 9.17) is 0 Å². The van der Waals surface area contributed by atoms with Crippen LogP contribution in [0.3, 0.4) is 0 Å². The molecule has 1 aromatic rings. The summed E-state index contributed by atoms with van der Waals surface area (Å²) in [6.07, 6.45) is 1.47. The summed E-state index contributed by atoms with van der Waals surface area (Å²) in [6, 6.07) is 5.29. The van der Waals surface area contributed by atoms with Crippen molar-refractivity contribution in [1.82, 2.24) is 4.90 Å². The summed E-state index contributed by atoms with van der Waals surface area (Å²) in [7, 11) is 1.69. The van der Waals surface area contributed by atoms with E-state index in [1.165, 1.54) is 6.92 Å². The molecule has 2 rings (SSSR count). The summed E-state index contributed by atoms with van der Waals surface area (Å²) in [6.45, 7) is 1.93. The lowest BCUT2D eigenvalue weighted by atomic mass is 10.00. The molecule has 0 spiro atoms. The zero-order chi connectivity index (χ0) is 14.7. The van der Waals surface area contributed by atoms with Gasteiger partial charge in [-0.2, -0.15) is 0 Å². The quantitative estimate of drug-likeness (QED) is 0.907. The third-order valence-corrected chi connectivity index (χ3v) is 3.39. The third kappa shape index (κ3) is 3.23. The minimum atomic E-state index is -0.106. The van der Waals surface area contributed by atoms with Gasteiger partial charge in [-0.3, -0.25) is 14.4 Å². The molecule has 1 aromatic carbocycles. The van der Waals surface area contributed by atoms with Gasteiger partial charge in [0.2, 0.25) is 5.91 Å². The molecule has 0 fully saturated rings. The Bertz CT molecular complexity index is 566. The fraction of sp³-hybridized carbons (Fsp3) is 0.400. The molecule has 106 valence electrons. The maximum atomic E-state index is 12.2. The van der Waals surface area contributed by atoms with Crippen LogP contribution in [0.15, 0.2) is 18.2 Å². The van der Waals surface area contributed by atoms with Crippen molar-refractivity contribution in [1.29, 1.82) is 0 Å². The highest BCUT2D eigenvalue weighted by Crippen LogP contribution is 2.24. The molecule has 1 aliphatic rings. The molecule has 1 heterocycles. The van der Waals surface area contributed by atoms with Crippen LogP contribution in [-0.4, -0.2) is 36.1 Å². The van der Waals surface area contributed by atoms with Crippen LogP contribution in [0.4, 0.5) is 5.69 Å². The Hall–Kier alpha value is -2.17. The van der Waals surface area contributed by atoms with Crippen LogP contribution in [0.1, 0.15) is 35.7 Å². The van der Waals surface area contributed by atoms with Crippen molar-refractivity contribution in [2.24, 2.45) is 0 Å². The summed E-state index contributed by atoms with van der Waals surface area (Å²) in [5.41, 5.74) is 2.35. The molecule has 0 bridgehead atoms. The summed E-state index contributed by atoms with van der Waals surface area (Å²) >= 11 is 0. The van der Waals surface area contributed by atoms with Gasteiger partial charge in [0.1, 0.15) is 5.78 Å². The average Bonchev–Trinajstić information content (AvgIpc) is 2.43. The molecule has 0 radical (unpaired) electrons. The van der Waals surface area contributed by atoms with Gasteiger partial charge >= 0.3 is 0 Å². The lowest BCUT2D eigenvalue weighted by molar-refractivity contribution is -0.117. The third-order valence-electron chi connectivity index (χ3n) is 3.39. The van der Waals surface area contributed by atoms with Crippen molar-refractivity contribution in [2.75, 3.05) is 18.9 Å². The molecular formula is C15H18N2O3. The Morgan fingerprint density at radius 2 is 2.05 bits per heavy atom. The number of amides is 2. The van der Waals surface area contributed by atoms with E-state index < -0.39 is 0 Å². The zero-order valence-corrected chi connectivity index (χ0v) is 11.7. The van der Waals surface area contributed by atoms with Crippen LogP contribution in [0.5, 0.6) is 0 Å². The number of nitrogens with zero attached hydrogens (tertiary/aromatic N) is 1. The van der Waals surface area contributed by atoms with E-state index in [2.05, 4.69) is 5.32 Å². The molecular weight excluding hydrogens is 256 g/mol. The van der Waals surface area contributed by atoms with Gasteiger partial charge in [0.25, 0.3) is 5.91 Å². The number of anilines is 1. The SMILES string of the molecule is CC(=O)CCN(C)C(=O)c1ccc2c(c1)CCC(=O)N2. The van der Waals surface area contributed by atoms with Crippen molar-refractivity contribution in [2.45, 2.75) is 26.2 Å². The van der Waals surface area contributed by atoms with Crippen LogP contribution < -0.4 is 5.32 Å². The fourth-order valence-corrected chi connectivity index (χ4v) is 2.16. The van der Waals surface area contributed by atoms with Crippen molar-refractivity contribution in [3.8, 4) is 0 Å². The highest BCUT2D eigenvalue weighted by atomic mass is 16.2. The van der Waals surface area contributed by atoms with E-state index >= 15 is 0 Å². The van der Waals surface area contributed by atoms with E-state index in [0.29, 0.717) is 31.4 Å². The Morgan fingerprint density at radius 3 is 2.75 bits per heavy atom. The van der Waals surface area contributed by atoms with Crippen LogP contribution >= 0.6 is 0 Å². The minimum Gasteiger partial charge on any atom is -0.341 e. The number of hydrogen-bond acceptors (Lipinski definition) is 3. The summed E-state index contributed by atoms with van der Waals surface area (Å²) in [5.74, 6) is -0.0288. The number of nitrogens with one attached hydrogen (secondary N) is 1. The lowest BCUT2D eigenvalue weighted by Crippen LogP contribution is -2.29. The highest BCUT2D eigenvalue weighted by molar-refractivity contribution is 5.98. The first-order valence-electron chi connectivity index (χ1n) is 6.65. The smallest absolute Gasteiger partial charge is 0.253 e. The molecule has 5 nitrogen and oxygen atoms in total. The van der Waals surface area contributed by atoms with E-state index in [9.17, 15) is 14.4 Å². The number of hydrogen-bond donors (Lipinski definition) is 1. The maximum Gasteiger partial charge on any atom is 0.253 e. The molecule has 0 aliphatic carbocycles. The van der Waals surface area contributed by atoms with Crippen LogP contribution in [0.25, 0.3) is 0 Å². The molecule has 0 aromatic heterocycles. The molecule has 0 saturated heterocycles. The Balaban J connectivity index is 2.11. The van der Waals surface area contributed by atoms with Crippen LogP contribution in [0, 0.1) is 0 Å². The molecule has 1 aliphatic heterocycles. The zero-order valence-electron chi connectivity index (χ0n) is 11.7. The van der Waals surface area contributed by atoms with E-state index in [1.54, 1.807) is 24.1 Å². The number of carbonyl (C=O) groups is 3. The molecule has 2 amide bonds. The van der Waals surface area contributed by atoms with Gasteiger partial charge in [0, 0.05) is 37.7 Å². The number of Topliss-reactive ketones (excluding diaryl/α,β-unsaturated/α-hetero) is 1. The number of carbonyl (C=O) groups excluding carboxylic acids is 3. The van der Waals surface area contributed by atoms with Crippen LogP contribution in [-0.2, 0) is 16.0 Å². The van der Waals surface area contributed by atoms with Gasteiger partial charge in [0.05, 0.1) is 0 Å². The van der Waals surface area contributed by atoms with E-state index in [-0.39, 0.29) is 17.6 Å². The largest absolute Gasteiger partial charge is 0.341 e. The van der Waals surface area contributed by atoms with Crippen molar-refractivity contribution in [3.63, 3.8) is 0 Å². The van der Waals surface area contributed by atoms with Gasteiger partial charge in [-0.05, 0) is 37.1 Å². The Labute approximate surface area is 118 Å². The first-order chi connectivity index (χ1) is 9.47. The molecule has 0 saturated carbocycles. The number of aryl methyl sites for hydroxylation is 1. The van der Waals surface area contributed by atoms with Gasteiger partial charge in [-0.1, -0.05) is 0 Å². The van der Waals surface area contributed by atoms with Gasteiger partial charge in [0.15, 0.2) is 0 Å². The van der Waals surface area contributed by atoms with Crippen molar-refractivity contribution in [3.05, 3.63) is 29.3 Å². The van der Waals surface area contributed by atoms with Crippen LogP contribution in [0.2, 0.25) is 0 Å². The second-order valence-corrected chi connectivity index (χ2v) is 5.10. The summed E-state index contributed by atoms with van der Waals surface area (Å²) in [5, 5.41) is 2.79. The monoisotopic (exact) mass is 274 g/mol. The van der Waals surface area contributed by atoms with Gasteiger partial charge in [-0.15, -0.1) is 0 Å². The number of ketones is 1. The molecule has 20 heavy (non-hydrogen) atoms.